The van der Waals surface area contributed by atoms with Crippen LogP contribution in [0, 0.1) is 21.4 Å². The van der Waals surface area contributed by atoms with Crippen molar-refractivity contribution in [1.82, 2.24) is 0 Å². The van der Waals surface area contributed by atoms with Crippen molar-refractivity contribution in [3.8, 4) is 6.07 Å². The molecule has 6 nitrogen and oxygen atoms in total. The number of primary amides is 1. The maximum atomic E-state index is 10.7. The number of carbonyl (C=O) groups is 1. The molecule has 0 saturated carbocycles. The highest BCUT2D eigenvalue weighted by Gasteiger charge is 2.12. The number of hydrogen-bond acceptors (Lipinski definition) is 4. The molecular formula is C8H5N3O3. The van der Waals surface area contributed by atoms with Crippen molar-refractivity contribution in [3.63, 3.8) is 0 Å². The van der Waals surface area contributed by atoms with E-state index in [-0.39, 0.29) is 16.8 Å². The Morgan fingerprint density at radius 3 is 2.57 bits per heavy atom. The number of benzene rings is 1. The summed E-state index contributed by atoms with van der Waals surface area (Å²) in [6, 6.07) is 5.02. The van der Waals surface area contributed by atoms with E-state index in [0.717, 1.165) is 12.1 Å². The lowest BCUT2D eigenvalue weighted by Crippen LogP contribution is -2.11. The van der Waals surface area contributed by atoms with E-state index in [1.807, 2.05) is 0 Å². The lowest BCUT2D eigenvalue weighted by atomic mass is 10.1. The van der Waals surface area contributed by atoms with Gasteiger partial charge >= 0.3 is 0 Å². The Morgan fingerprint density at radius 1 is 1.50 bits per heavy atom. The van der Waals surface area contributed by atoms with Gasteiger partial charge in [0.15, 0.2) is 0 Å². The molecule has 0 saturated heterocycles. The van der Waals surface area contributed by atoms with Crippen LogP contribution in [0.3, 0.4) is 0 Å². The fraction of sp³-hybridized carbons (Fsp3) is 0. The van der Waals surface area contributed by atoms with Crippen molar-refractivity contribution in [1.29, 1.82) is 5.26 Å². The summed E-state index contributed by atoms with van der Waals surface area (Å²) >= 11 is 0. The van der Waals surface area contributed by atoms with Gasteiger partial charge in [0.05, 0.1) is 16.6 Å². The number of nitro benzene ring substituents is 1. The van der Waals surface area contributed by atoms with E-state index in [1.54, 1.807) is 6.07 Å². The fourth-order valence-electron chi connectivity index (χ4n) is 0.923. The molecule has 0 aliphatic carbocycles. The molecular weight excluding hydrogens is 186 g/mol. The van der Waals surface area contributed by atoms with Crippen molar-refractivity contribution in [2.75, 3.05) is 0 Å². The first-order valence-corrected chi connectivity index (χ1v) is 3.54. The van der Waals surface area contributed by atoms with Crippen molar-refractivity contribution in [2.24, 2.45) is 5.73 Å². The molecule has 6 heteroatoms. The first-order chi connectivity index (χ1) is 6.54. The summed E-state index contributed by atoms with van der Waals surface area (Å²) in [6.45, 7) is 0. The Labute approximate surface area is 78.7 Å². The predicted octanol–water partition coefficient (Wildman–Crippen LogP) is 0.565. The SMILES string of the molecule is N#Cc1cc(C(N)=O)cc([N+](=O)[O-])c1. The largest absolute Gasteiger partial charge is 0.366 e. The van der Waals surface area contributed by atoms with Gasteiger partial charge in [0.25, 0.3) is 5.69 Å². The van der Waals surface area contributed by atoms with E-state index >= 15 is 0 Å². The number of nitrogens with zero attached hydrogens (tertiary/aromatic N) is 2. The third-order valence-corrected chi connectivity index (χ3v) is 1.54. The zero-order valence-electron chi connectivity index (χ0n) is 6.93. The van der Waals surface area contributed by atoms with Crippen molar-refractivity contribution in [3.05, 3.63) is 39.4 Å². The summed E-state index contributed by atoms with van der Waals surface area (Å²) in [4.78, 5) is 20.4. The minimum absolute atomic E-state index is 0.0352. The van der Waals surface area contributed by atoms with E-state index in [1.165, 1.54) is 6.07 Å². The van der Waals surface area contributed by atoms with Gasteiger partial charge in [-0.15, -0.1) is 0 Å². The van der Waals surface area contributed by atoms with Crippen LogP contribution in [-0.2, 0) is 0 Å². The molecule has 1 aromatic rings. The third kappa shape index (κ3) is 1.84. The van der Waals surface area contributed by atoms with Crippen LogP contribution in [0.25, 0.3) is 0 Å². The number of carbonyl (C=O) groups excluding carboxylic acids is 1. The predicted molar refractivity (Wildman–Crippen MR) is 46.3 cm³/mol. The van der Waals surface area contributed by atoms with E-state index in [2.05, 4.69) is 0 Å². The van der Waals surface area contributed by atoms with Crippen LogP contribution < -0.4 is 5.73 Å². The standard InChI is InChI=1S/C8H5N3O3/c9-4-5-1-6(8(10)12)3-7(2-5)11(13)14/h1-3H,(H2,10,12). The lowest BCUT2D eigenvalue weighted by molar-refractivity contribution is -0.384. The van der Waals surface area contributed by atoms with Gasteiger partial charge in [0.2, 0.25) is 5.91 Å². The Hall–Kier alpha value is -2.42. The van der Waals surface area contributed by atoms with Crippen LogP contribution in [0.5, 0.6) is 0 Å². The van der Waals surface area contributed by atoms with Gasteiger partial charge in [-0.05, 0) is 6.07 Å². The smallest absolute Gasteiger partial charge is 0.271 e. The van der Waals surface area contributed by atoms with Crippen molar-refractivity contribution in [2.45, 2.75) is 0 Å². The molecule has 1 rings (SSSR count). The van der Waals surface area contributed by atoms with Crippen molar-refractivity contribution < 1.29 is 9.72 Å². The topological polar surface area (TPSA) is 110 Å². The second kappa shape index (κ2) is 3.53. The highest BCUT2D eigenvalue weighted by molar-refractivity contribution is 5.93. The molecule has 0 bridgehead atoms. The van der Waals surface area contributed by atoms with Crippen LogP contribution in [0.1, 0.15) is 15.9 Å². The molecule has 1 amide bonds. The number of amides is 1. The summed E-state index contributed by atoms with van der Waals surface area (Å²) in [6.07, 6.45) is 0. The normalized spacial score (nSPS) is 9.07. The zero-order valence-corrected chi connectivity index (χ0v) is 6.93. The summed E-state index contributed by atoms with van der Waals surface area (Å²) in [7, 11) is 0. The molecule has 0 unspecified atom stereocenters. The monoisotopic (exact) mass is 191 g/mol. The summed E-state index contributed by atoms with van der Waals surface area (Å²) in [5.41, 5.74) is 4.60. The molecule has 0 radical (unpaired) electrons. The number of non-ortho nitro benzene ring substituents is 1. The summed E-state index contributed by atoms with van der Waals surface area (Å²) in [5, 5.41) is 18.9. The van der Waals surface area contributed by atoms with Gasteiger partial charge in [-0.2, -0.15) is 5.26 Å². The molecule has 0 atom stereocenters. The Bertz CT molecular complexity index is 415. The molecule has 2 N–H and O–H groups in total. The van der Waals surface area contributed by atoms with Gasteiger partial charge < -0.3 is 5.73 Å². The molecule has 0 heterocycles. The molecule has 0 fully saturated rings. The first-order valence-electron chi connectivity index (χ1n) is 3.54. The Balaban J connectivity index is 3.36. The lowest BCUT2D eigenvalue weighted by Gasteiger charge is -1.96. The second-order valence-corrected chi connectivity index (χ2v) is 2.50. The minimum atomic E-state index is -0.801. The van der Waals surface area contributed by atoms with Crippen LogP contribution in [-0.4, -0.2) is 10.8 Å². The average molecular weight is 191 g/mol. The van der Waals surface area contributed by atoms with Gasteiger partial charge in [-0.1, -0.05) is 0 Å². The third-order valence-electron chi connectivity index (χ3n) is 1.54. The van der Waals surface area contributed by atoms with Crippen LogP contribution in [0.4, 0.5) is 5.69 Å². The first kappa shape index (κ1) is 9.67. The second-order valence-electron chi connectivity index (χ2n) is 2.50. The maximum absolute atomic E-state index is 10.7. The van der Waals surface area contributed by atoms with E-state index in [0.29, 0.717) is 0 Å². The van der Waals surface area contributed by atoms with Crippen LogP contribution >= 0.6 is 0 Å². The Kier molecular flexibility index (Phi) is 2.44. The molecule has 0 aromatic heterocycles. The highest BCUT2D eigenvalue weighted by atomic mass is 16.6. The van der Waals surface area contributed by atoms with Gasteiger partial charge in [0.1, 0.15) is 0 Å². The van der Waals surface area contributed by atoms with Gasteiger partial charge in [0, 0.05) is 17.7 Å². The minimum Gasteiger partial charge on any atom is -0.366 e. The van der Waals surface area contributed by atoms with Gasteiger partial charge in [-0.25, -0.2) is 0 Å². The van der Waals surface area contributed by atoms with E-state index < -0.39 is 10.8 Å². The quantitative estimate of drug-likeness (QED) is 0.543. The molecule has 0 spiro atoms. The number of nitriles is 1. The molecule has 14 heavy (non-hydrogen) atoms. The number of nitrogens with two attached hydrogens (primary N) is 1. The molecule has 70 valence electrons. The summed E-state index contributed by atoms with van der Waals surface area (Å²) < 4.78 is 0. The highest BCUT2D eigenvalue weighted by Crippen LogP contribution is 2.16. The fourth-order valence-corrected chi connectivity index (χ4v) is 0.923. The summed E-state index contributed by atoms with van der Waals surface area (Å²) in [5.74, 6) is -0.801. The van der Waals surface area contributed by atoms with E-state index in [9.17, 15) is 14.9 Å². The zero-order chi connectivity index (χ0) is 10.7. The number of nitro groups is 1. The number of hydrogen-bond donors (Lipinski definition) is 1. The maximum Gasteiger partial charge on any atom is 0.271 e. The van der Waals surface area contributed by atoms with Gasteiger partial charge in [-0.3, -0.25) is 14.9 Å². The van der Waals surface area contributed by atoms with Crippen LogP contribution in [0.15, 0.2) is 18.2 Å². The Morgan fingerprint density at radius 2 is 2.14 bits per heavy atom. The molecule has 1 aromatic carbocycles. The number of rotatable bonds is 2. The molecule has 0 aliphatic heterocycles. The van der Waals surface area contributed by atoms with Crippen molar-refractivity contribution >= 4 is 11.6 Å². The van der Waals surface area contributed by atoms with E-state index in [4.69, 9.17) is 11.0 Å². The average Bonchev–Trinajstić information content (AvgIpc) is 2.16. The molecule has 0 aliphatic rings. The van der Waals surface area contributed by atoms with Crippen LogP contribution in [0.2, 0.25) is 0 Å².